The highest BCUT2D eigenvalue weighted by molar-refractivity contribution is 7.88. The number of imidazole rings is 1. The summed E-state index contributed by atoms with van der Waals surface area (Å²) in [4.78, 5) is 6.68. The van der Waals surface area contributed by atoms with Gasteiger partial charge in [-0.2, -0.15) is 0 Å². The van der Waals surface area contributed by atoms with Crippen molar-refractivity contribution in [2.45, 2.75) is 24.4 Å². The van der Waals surface area contributed by atoms with Crippen molar-refractivity contribution in [1.82, 2.24) is 14.3 Å². The van der Waals surface area contributed by atoms with Crippen LogP contribution in [0, 0.1) is 0 Å². The van der Waals surface area contributed by atoms with Crippen molar-refractivity contribution in [2.24, 2.45) is 5.73 Å². The molecule has 16 heavy (non-hydrogen) atoms. The fourth-order valence-corrected chi connectivity index (χ4v) is 2.02. The standard InChI is InChI=1S/C9H18N4O2S/c1-13(2)16(14,15)9-11-7-8(12-9)5-3-4-6-10/h7H,3-6,10H2,1-2H3,(H,11,12). The highest BCUT2D eigenvalue weighted by Crippen LogP contribution is 2.10. The minimum Gasteiger partial charge on any atom is -0.332 e. The van der Waals surface area contributed by atoms with Crippen molar-refractivity contribution in [2.75, 3.05) is 20.6 Å². The summed E-state index contributed by atoms with van der Waals surface area (Å²) in [5.41, 5.74) is 6.21. The summed E-state index contributed by atoms with van der Waals surface area (Å²) in [6.45, 7) is 0.650. The summed E-state index contributed by atoms with van der Waals surface area (Å²) in [5.74, 6) is 0. The maximum atomic E-state index is 11.7. The molecule has 1 aromatic heterocycles. The van der Waals surface area contributed by atoms with Gasteiger partial charge in [-0.1, -0.05) is 0 Å². The van der Waals surface area contributed by atoms with Crippen LogP contribution in [0.25, 0.3) is 0 Å². The van der Waals surface area contributed by atoms with Crippen molar-refractivity contribution in [3.8, 4) is 0 Å². The molecule has 0 saturated carbocycles. The molecular formula is C9H18N4O2S. The molecule has 3 N–H and O–H groups in total. The predicted molar refractivity (Wildman–Crippen MR) is 61.5 cm³/mol. The lowest BCUT2D eigenvalue weighted by Crippen LogP contribution is -2.23. The number of aryl methyl sites for hydroxylation is 1. The van der Waals surface area contributed by atoms with E-state index in [1.807, 2.05) is 0 Å². The Kier molecular flexibility index (Phi) is 4.45. The van der Waals surface area contributed by atoms with Gasteiger partial charge in [-0.3, -0.25) is 0 Å². The third kappa shape index (κ3) is 3.03. The Morgan fingerprint density at radius 1 is 1.44 bits per heavy atom. The average molecular weight is 246 g/mol. The smallest absolute Gasteiger partial charge is 0.276 e. The van der Waals surface area contributed by atoms with Crippen LogP contribution in [0.2, 0.25) is 0 Å². The van der Waals surface area contributed by atoms with E-state index in [0.29, 0.717) is 6.54 Å². The van der Waals surface area contributed by atoms with Crippen molar-refractivity contribution >= 4 is 10.0 Å². The molecule has 6 nitrogen and oxygen atoms in total. The molecule has 0 bridgehead atoms. The molecule has 1 rings (SSSR count). The molecule has 0 unspecified atom stereocenters. The summed E-state index contributed by atoms with van der Waals surface area (Å²) in [6, 6.07) is 0. The van der Waals surface area contributed by atoms with Gasteiger partial charge in [0.25, 0.3) is 10.0 Å². The number of aromatic amines is 1. The summed E-state index contributed by atoms with van der Waals surface area (Å²) in [7, 11) is -0.488. The lowest BCUT2D eigenvalue weighted by atomic mass is 10.2. The van der Waals surface area contributed by atoms with Crippen molar-refractivity contribution in [3.63, 3.8) is 0 Å². The Morgan fingerprint density at radius 3 is 2.69 bits per heavy atom. The van der Waals surface area contributed by atoms with E-state index in [1.54, 1.807) is 6.20 Å². The van der Waals surface area contributed by atoms with Crippen LogP contribution in [-0.4, -0.2) is 43.3 Å². The van der Waals surface area contributed by atoms with Crippen LogP contribution in [0.1, 0.15) is 18.5 Å². The van der Waals surface area contributed by atoms with Crippen LogP contribution in [0.15, 0.2) is 11.4 Å². The van der Waals surface area contributed by atoms with E-state index in [1.165, 1.54) is 14.1 Å². The maximum Gasteiger partial charge on any atom is 0.276 e. The molecule has 0 spiro atoms. The van der Waals surface area contributed by atoms with Gasteiger partial charge in [-0.15, -0.1) is 0 Å². The van der Waals surface area contributed by atoms with Gasteiger partial charge < -0.3 is 10.7 Å². The Hall–Kier alpha value is -0.920. The van der Waals surface area contributed by atoms with Crippen molar-refractivity contribution in [1.29, 1.82) is 0 Å². The largest absolute Gasteiger partial charge is 0.332 e. The minimum absolute atomic E-state index is 0.000230. The molecule has 0 radical (unpaired) electrons. The van der Waals surface area contributed by atoms with Gasteiger partial charge in [-0.05, 0) is 25.8 Å². The van der Waals surface area contributed by atoms with E-state index in [-0.39, 0.29) is 5.16 Å². The normalized spacial score (nSPS) is 12.2. The van der Waals surface area contributed by atoms with E-state index < -0.39 is 10.0 Å². The van der Waals surface area contributed by atoms with Crippen LogP contribution in [0.4, 0.5) is 0 Å². The SMILES string of the molecule is CN(C)S(=O)(=O)c1ncc(CCCCN)[nH]1. The molecule has 0 aliphatic rings. The van der Waals surface area contributed by atoms with Crippen molar-refractivity contribution in [3.05, 3.63) is 11.9 Å². The van der Waals surface area contributed by atoms with E-state index in [2.05, 4.69) is 9.97 Å². The molecule has 0 saturated heterocycles. The number of nitrogens with two attached hydrogens (primary N) is 1. The first-order valence-electron chi connectivity index (χ1n) is 5.15. The molecule has 0 atom stereocenters. The monoisotopic (exact) mass is 246 g/mol. The molecule has 0 amide bonds. The first-order valence-corrected chi connectivity index (χ1v) is 6.59. The molecule has 0 aliphatic heterocycles. The fraction of sp³-hybridized carbons (Fsp3) is 0.667. The summed E-state index contributed by atoms with van der Waals surface area (Å²) < 4.78 is 24.5. The lowest BCUT2D eigenvalue weighted by Gasteiger charge is -2.07. The van der Waals surface area contributed by atoms with Crippen LogP contribution in [0.5, 0.6) is 0 Å². The molecule has 92 valence electrons. The number of H-pyrrole nitrogens is 1. The minimum atomic E-state index is -3.44. The quantitative estimate of drug-likeness (QED) is 0.688. The van der Waals surface area contributed by atoms with E-state index in [0.717, 1.165) is 29.3 Å². The summed E-state index contributed by atoms with van der Waals surface area (Å²) in [5, 5.41) is 0.000230. The number of nitrogens with one attached hydrogen (secondary N) is 1. The van der Waals surface area contributed by atoms with E-state index in [9.17, 15) is 8.42 Å². The zero-order valence-corrected chi connectivity index (χ0v) is 10.4. The molecule has 0 aromatic carbocycles. The van der Waals surface area contributed by atoms with Gasteiger partial charge in [0, 0.05) is 26.0 Å². The second-order valence-electron chi connectivity index (χ2n) is 3.75. The third-order valence-corrected chi connectivity index (χ3v) is 3.89. The molecule has 7 heteroatoms. The molecular weight excluding hydrogens is 228 g/mol. The van der Waals surface area contributed by atoms with Gasteiger partial charge in [0.15, 0.2) is 0 Å². The first-order chi connectivity index (χ1) is 7.48. The molecule has 1 heterocycles. The summed E-state index contributed by atoms with van der Waals surface area (Å²) in [6.07, 6.45) is 4.19. The van der Waals surface area contributed by atoms with Gasteiger partial charge in [0.05, 0.1) is 0 Å². The number of unbranched alkanes of at least 4 members (excludes halogenated alkanes) is 1. The van der Waals surface area contributed by atoms with Gasteiger partial charge in [-0.25, -0.2) is 17.7 Å². The third-order valence-electron chi connectivity index (χ3n) is 2.23. The Labute approximate surface area is 95.9 Å². The van der Waals surface area contributed by atoms with Crippen LogP contribution < -0.4 is 5.73 Å². The van der Waals surface area contributed by atoms with E-state index >= 15 is 0 Å². The fourth-order valence-electron chi connectivity index (χ4n) is 1.23. The Bertz CT molecular complexity index is 424. The number of hydrogen-bond donors (Lipinski definition) is 2. The highest BCUT2D eigenvalue weighted by Gasteiger charge is 2.20. The lowest BCUT2D eigenvalue weighted by molar-refractivity contribution is 0.513. The number of sulfonamides is 1. The van der Waals surface area contributed by atoms with Crippen LogP contribution >= 0.6 is 0 Å². The van der Waals surface area contributed by atoms with Crippen LogP contribution in [-0.2, 0) is 16.4 Å². The van der Waals surface area contributed by atoms with Gasteiger partial charge >= 0.3 is 0 Å². The van der Waals surface area contributed by atoms with Crippen LogP contribution in [0.3, 0.4) is 0 Å². The molecule has 0 fully saturated rings. The van der Waals surface area contributed by atoms with Gasteiger partial charge in [0.2, 0.25) is 5.16 Å². The number of aromatic nitrogens is 2. The zero-order chi connectivity index (χ0) is 12.2. The van der Waals surface area contributed by atoms with E-state index in [4.69, 9.17) is 5.73 Å². The molecule has 0 aliphatic carbocycles. The maximum absolute atomic E-state index is 11.7. The number of hydrogen-bond acceptors (Lipinski definition) is 4. The molecule has 1 aromatic rings. The second kappa shape index (κ2) is 5.42. The Balaban J connectivity index is 2.72. The summed E-state index contributed by atoms with van der Waals surface area (Å²) >= 11 is 0. The highest BCUT2D eigenvalue weighted by atomic mass is 32.2. The second-order valence-corrected chi connectivity index (χ2v) is 5.81. The zero-order valence-electron chi connectivity index (χ0n) is 9.60. The first kappa shape index (κ1) is 13.1. The average Bonchev–Trinajstić information content (AvgIpc) is 2.67. The van der Waals surface area contributed by atoms with Crippen molar-refractivity contribution < 1.29 is 8.42 Å². The Morgan fingerprint density at radius 2 is 2.12 bits per heavy atom. The predicted octanol–water partition coefficient (Wildman–Crippen LogP) is -0.0586. The number of nitrogens with zero attached hydrogens (tertiary/aromatic N) is 2. The topological polar surface area (TPSA) is 92.1 Å². The number of rotatable bonds is 6. The van der Waals surface area contributed by atoms with Gasteiger partial charge in [0.1, 0.15) is 0 Å².